The molecule has 4 rings (SSSR count). The van der Waals surface area contributed by atoms with Crippen molar-refractivity contribution in [1.29, 1.82) is 0 Å². The van der Waals surface area contributed by atoms with E-state index in [9.17, 15) is 4.79 Å². The number of carbonyl (C=O) groups excluding carboxylic acids is 1. The summed E-state index contributed by atoms with van der Waals surface area (Å²) in [7, 11) is 1.62. The van der Waals surface area contributed by atoms with Gasteiger partial charge >= 0.3 is 0 Å². The van der Waals surface area contributed by atoms with Crippen LogP contribution in [-0.4, -0.2) is 33.2 Å². The SMILES string of the molecule is COc1ccc(-c2n[nH]c(CNC(=O)c3ccc(-c4ccccc4)nc3C)n2)cc1. The number of rotatable bonds is 6. The normalized spacial score (nSPS) is 10.6. The highest BCUT2D eigenvalue weighted by molar-refractivity contribution is 5.95. The Morgan fingerprint density at radius 3 is 2.43 bits per heavy atom. The molecular formula is C23H21N5O2. The van der Waals surface area contributed by atoms with Crippen molar-refractivity contribution in [2.24, 2.45) is 0 Å². The van der Waals surface area contributed by atoms with Crippen LogP contribution in [0.25, 0.3) is 22.6 Å². The number of hydrogen-bond acceptors (Lipinski definition) is 5. The van der Waals surface area contributed by atoms with E-state index in [0.717, 1.165) is 22.6 Å². The Balaban J connectivity index is 1.42. The maximum absolute atomic E-state index is 12.6. The van der Waals surface area contributed by atoms with Crippen molar-refractivity contribution in [3.63, 3.8) is 0 Å². The molecule has 4 aromatic rings. The molecule has 0 saturated heterocycles. The van der Waals surface area contributed by atoms with Gasteiger partial charge in [-0.1, -0.05) is 30.3 Å². The number of aromatic amines is 1. The summed E-state index contributed by atoms with van der Waals surface area (Å²) < 4.78 is 5.16. The second-order valence-corrected chi connectivity index (χ2v) is 6.71. The third kappa shape index (κ3) is 4.20. The van der Waals surface area contributed by atoms with E-state index in [1.54, 1.807) is 13.2 Å². The first kappa shape index (κ1) is 19.3. The molecule has 0 aliphatic carbocycles. The topological polar surface area (TPSA) is 92.8 Å². The summed E-state index contributed by atoms with van der Waals surface area (Å²) >= 11 is 0. The van der Waals surface area contributed by atoms with Crippen LogP contribution in [0.5, 0.6) is 5.75 Å². The highest BCUT2D eigenvalue weighted by atomic mass is 16.5. The van der Waals surface area contributed by atoms with Crippen molar-refractivity contribution in [2.45, 2.75) is 13.5 Å². The first-order valence-corrected chi connectivity index (χ1v) is 9.51. The number of pyridine rings is 1. The van der Waals surface area contributed by atoms with E-state index in [2.05, 4.69) is 25.5 Å². The van der Waals surface area contributed by atoms with E-state index >= 15 is 0 Å². The zero-order chi connectivity index (χ0) is 20.9. The van der Waals surface area contributed by atoms with Crippen molar-refractivity contribution in [2.75, 3.05) is 7.11 Å². The summed E-state index contributed by atoms with van der Waals surface area (Å²) in [6, 6.07) is 21.0. The van der Waals surface area contributed by atoms with Crippen molar-refractivity contribution in [3.8, 4) is 28.4 Å². The molecule has 150 valence electrons. The maximum atomic E-state index is 12.6. The summed E-state index contributed by atoms with van der Waals surface area (Å²) in [5.41, 5.74) is 3.92. The van der Waals surface area contributed by atoms with Crippen LogP contribution in [0.2, 0.25) is 0 Å². The van der Waals surface area contributed by atoms with E-state index in [1.165, 1.54) is 0 Å². The molecule has 2 aromatic heterocycles. The van der Waals surface area contributed by atoms with Gasteiger partial charge in [0.25, 0.3) is 5.91 Å². The molecule has 1 amide bonds. The number of nitrogens with one attached hydrogen (secondary N) is 2. The number of aromatic nitrogens is 4. The van der Waals surface area contributed by atoms with Crippen molar-refractivity contribution in [1.82, 2.24) is 25.5 Å². The van der Waals surface area contributed by atoms with Gasteiger partial charge in [0.2, 0.25) is 0 Å². The van der Waals surface area contributed by atoms with Crippen LogP contribution in [0.1, 0.15) is 21.9 Å². The molecule has 0 radical (unpaired) electrons. The Morgan fingerprint density at radius 2 is 1.73 bits per heavy atom. The van der Waals surface area contributed by atoms with Gasteiger partial charge in [0, 0.05) is 11.1 Å². The molecule has 2 N–H and O–H groups in total. The monoisotopic (exact) mass is 399 g/mol. The molecule has 7 heteroatoms. The lowest BCUT2D eigenvalue weighted by Gasteiger charge is -2.08. The molecule has 0 saturated carbocycles. The quantitative estimate of drug-likeness (QED) is 0.515. The van der Waals surface area contributed by atoms with Crippen LogP contribution in [0.4, 0.5) is 0 Å². The summed E-state index contributed by atoms with van der Waals surface area (Å²) in [6.45, 7) is 2.07. The molecule has 0 fully saturated rings. The average molecular weight is 399 g/mol. The molecule has 0 aliphatic heterocycles. The largest absolute Gasteiger partial charge is 0.497 e. The molecule has 2 aromatic carbocycles. The van der Waals surface area contributed by atoms with E-state index in [-0.39, 0.29) is 12.5 Å². The van der Waals surface area contributed by atoms with Crippen LogP contribution >= 0.6 is 0 Å². The number of H-pyrrole nitrogens is 1. The highest BCUT2D eigenvalue weighted by Gasteiger charge is 2.13. The maximum Gasteiger partial charge on any atom is 0.253 e. The summed E-state index contributed by atoms with van der Waals surface area (Å²) in [5, 5.41) is 9.94. The third-order valence-electron chi connectivity index (χ3n) is 4.70. The van der Waals surface area contributed by atoms with Gasteiger partial charge in [0.05, 0.1) is 30.6 Å². The van der Waals surface area contributed by atoms with Gasteiger partial charge in [-0.05, 0) is 43.3 Å². The van der Waals surface area contributed by atoms with Crippen molar-refractivity contribution in [3.05, 3.63) is 83.8 Å². The zero-order valence-corrected chi connectivity index (χ0v) is 16.7. The van der Waals surface area contributed by atoms with Crippen LogP contribution in [0.3, 0.4) is 0 Å². The number of carbonyl (C=O) groups is 1. The molecule has 0 atom stereocenters. The lowest BCUT2D eigenvalue weighted by Crippen LogP contribution is -2.24. The fraction of sp³-hybridized carbons (Fsp3) is 0.130. The van der Waals surface area contributed by atoms with Gasteiger partial charge in [-0.25, -0.2) is 4.98 Å². The van der Waals surface area contributed by atoms with Gasteiger partial charge in [-0.15, -0.1) is 0 Å². The first-order valence-electron chi connectivity index (χ1n) is 9.51. The number of hydrogen-bond donors (Lipinski definition) is 2. The molecule has 0 aliphatic rings. The molecule has 2 heterocycles. The van der Waals surface area contributed by atoms with Crippen LogP contribution in [0.15, 0.2) is 66.7 Å². The van der Waals surface area contributed by atoms with Gasteiger partial charge in [0.1, 0.15) is 11.6 Å². The number of aryl methyl sites for hydroxylation is 1. The second kappa shape index (κ2) is 8.57. The van der Waals surface area contributed by atoms with Crippen LogP contribution in [-0.2, 0) is 6.54 Å². The van der Waals surface area contributed by atoms with Gasteiger partial charge in [-0.2, -0.15) is 5.10 Å². The summed E-state index contributed by atoms with van der Waals surface area (Å²) in [5.74, 6) is 1.69. The minimum atomic E-state index is -0.206. The lowest BCUT2D eigenvalue weighted by molar-refractivity contribution is 0.0949. The number of ether oxygens (including phenoxy) is 1. The van der Waals surface area contributed by atoms with E-state index in [4.69, 9.17) is 4.74 Å². The Morgan fingerprint density at radius 1 is 0.967 bits per heavy atom. The molecule has 0 bridgehead atoms. The fourth-order valence-corrected chi connectivity index (χ4v) is 3.07. The predicted octanol–water partition coefficient (Wildman–Crippen LogP) is 3.78. The zero-order valence-electron chi connectivity index (χ0n) is 16.7. The third-order valence-corrected chi connectivity index (χ3v) is 4.70. The minimum absolute atomic E-state index is 0.206. The lowest BCUT2D eigenvalue weighted by atomic mass is 10.1. The van der Waals surface area contributed by atoms with Crippen LogP contribution in [0, 0.1) is 6.92 Å². The second-order valence-electron chi connectivity index (χ2n) is 6.71. The van der Waals surface area contributed by atoms with E-state index < -0.39 is 0 Å². The Kier molecular flexibility index (Phi) is 5.52. The number of methoxy groups -OCH3 is 1. The Hall–Kier alpha value is -4.00. The summed E-state index contributed by atoms with van der Waals surface area (Å²) in [6.07, 6.45) is 0. The number of nitrogens with zero attached hydrogens (tertiary/aromatic N) is 3. The standard InChI is InChI=1S/C23H21N5O2/c1-15-19(12-13-20(25-15)16-6-4-3-5-7-16)23(29)24-14-21-26-22(28-27-21)17-8-10-18(30-2)11-9-17/h3-13H,14H2,1-2H3,(H,24,29)(H,26,27,28). The molecule has 30 heavy (non-hydrogen) atoms. The van der Waals surface area contributed by atoms with Gasteiger partial charge in [0.15, 0.2) is 5.82 Å². The van der Waals surface area contributed by atoms with E-state index in [1.807, 2.05) is 67.6 Å². The fourth-order valence-electron chi connectivity index (χ4n) is 3.07. The van der Waals surface area contributed by atoms with Gasteiger partial charge < -0.3 is 10.1 Å². The predicted molar refractivity (Wildman–Crippen MR) is 114 cm³/mol. The van der Waals surface area contributed by atoms with Crippen molar-refractivity contribution < 1.29 is 9.53 Å². The molecule has 0 spiro atoms. The van der Waals surface area contributed by atoms with E-state index in [0.29, 0.717) is 22.9 Å². The Bertz CT molecular complexity index is 1150. The Labute approximate surface area is 174 Å². The smallest absolute Gasteiger partial charge is 0.253 e. The highest BCUT2D eigenvalue weighted by Crippen LogP contribution is 2.20. The summed E-state index contributed by atoms with van der Waals surface area (Å²) in [4.78, 5) is 21.6. The van der Waals surface area contributed by atoms with Crippen molar-refractivity contribution >= 4 is 5.91 Å². The molecule has 7 nitrogen and oxygen atoms in total. The minimum Gasteiger partial charge on any atom is -0.497 e. The molecular weight excluding hydrogens is 378 g/mol. The molecule has 0 unspecified atom stereocenters. The first-order chi connectivity index (χ1) is 14.6. The van der Waals surface area contributed by atoms with Gasteiger partial charge in [-0.3, -0.25) is 14.9 Å². The number of benzene rings is 2. The average Bonchev–Trinajstić information content (AvgIpc) is 3.27. The van der Waals surface area contributed by atoms with Crippen LogP contribution < -0.4 is 10.1 Å². The number of amides is 1.